The SMILES string of the molecule is CC(C)CCCCCCCCCC(CC(=O)NCCO)C(=O)O.OCCNCCO. The average Bonchev–Trinajstić information content (AvgIpc) is 2.70. The van der Waals surface area contributed by atoms with Crippen LogP contribution in [0.4, 0.5) is 0 Å². The fraction of sp³-hybridized carbons (Fsp3) is 0.909. The van der Waals surface area contributed by atoms with Gasteiger partial charge in [-0.05, 0) is 12.3 Å². The van der Waals surface area contributed by atoms with E-state index < -0.39 is 11.9 Å². The highest BCUT2D eigenvalue weighted by Gasteiger charge is 2.20. The summed E-state index contributed by atoms with van der Waals surface area (Å²) < 4.78 is 0. The molecule has 0 aliphatic rings. The van der Waals surface area contributed by atoms with Gasteiger partial charge in [0.25, 0.3) is 0 Å². The van der Waals surface area contributed by atoms with Gasteiger partial charge in [-0.2, -0.15) is 0 Å². The topological polar surface area (TPSA) is 139 Å². The van der Waals surface area contributed by atoms with Crippen molar-refractivity contribution >= 4 is 11.9 Å². The lowest BCUT2D eigenvalue weighted by Gasteiger charge is -2.12. The summed E-state index contributed by atoms with van der Waals surface area (Å²) in [4.78, 5) is 22.7. The van der Waals surface area contributed by atoms with Gasteiger partial charge in [0.15, 0.2) is 0 Å². The molecule has 180 valence electrons. The normalized spacial score (nSPS) is 11.7. The van der Waals surface area contributed by atoms with Crippen molar-refractivity contribution in [3.05, 3.63) is 0 Å². The number of aliphatic carboxylic acids is 1. The number of rotatable bonds is 19. The third-order valence-electron chi connectivity index (χ3n) is 4.63. The van der Waals surface area contributed by atoms with Gasteiger partial charge in [-0.15, -0.1) is 0 Å². The molecule has 30 heavy (non-hydrogen) atoms. The van der Waals surface area contributed by atoms with E-state index in [0.29, 0.717) is 19.5 Å². The Labute approximate surface area is 182 Å². The summed E-state index contributed by atoms with van der Waals surface area (Å²) >= 11 is 0. The molecule has 1 amide bonds. The average molecular weight is 435 g/mol. The Hall–Kier alpha value is -1.22. The molecule has 0 fully saturated rings. The van der Waals surface area contributed by atoms with Gasteiger partial charge in [0, 0.05) is 26.1 Å². The van der Waals surface area contributed by atoms with E-state index in [1.165, 1.54) is 32.1 Å². The predicted molar refractivity (Wildman–Crippen MR) is 119 cm³/mol. The van der Waals surface area contributed by atoms with Gasteiger partial charge in [0.1, 0.15) is 0 Å². The van der Waals surface area contributed by atoms with Crippen LogP contribution < -0.4 is 10.6 Å². The molecule has 0 heterocycles. The fourth-order valence-corrected chi connectivity index (χ4v) is 2.91. The monoisotopic (exact) mass is 434 g/mol. The Kier molecular flexibility index (Phi) is 24.8. The standard InChI is InChI=1S/C18H35NO4.C4H11NO2/c1-15(2)10-8-6-4-3-5-7-9-11-16(18(22)23)14-17(21)19-12-13-20;6-3-1-5-2-4-7/h15-16,20H,3-14H2,1-2H3,(H,19,21)(H,22,23);5-7H,1-4H2. The lowest BCUT2D eigenvalue weighted by molar-refractivity contribution is -0.144. The smallest absolute Gasteiger partial charge is 0.307 e. The number of carboxylic acids is 1. The minimum atomic E-state index is -0.905. The first-order valence-electron chi connectivity index (χ1n) is 11.4. The van der Waals surface area contributed by atoms with Gasteiger partial charge >= 0.3 is 5.97 Å². The predicted octanol–water partition coefficient (Wildman–Crippen LogP) is 1.91. The molecule has 0 rings (SSSR count). The maximum atomic E-state index is 11.5. The van der Waals surface area contributed by atoms with Crippen LogP contribution in [0.25, 0.3) is 0 Å². The Morgan fingerprint density at radius 3 is 1.63 bits per heavy atom. The zero-order valence-electron chi connectivity index (χ0n) is 19.1. The first-order valence-corrected chi connectivity index (χ1v) is 11.4. The first kappa shape index (κ1) is 31.0. The van der Waals surface area contributed by atoms with Crippen molar-refractivity contribution in [2.75, 3.05) is 39.5 Å². The molecule has 1 atom stereocenters. The van der Waals surface area contributed by atoms with Crippen LogP contribution in [-0.4, -0.2) is 71.8 Å². The van der Waals surface area contributed by atoms with Gasteiger partial charge in [-0.25, -0.2) is 0 Å². The molecule has 0 aromatic rings. The van der Waals surface area contributed by atoms with Crippen molar-refractivity contribution in [3.63, 3.8) is 0 Å². The van der Waals surface area contributed by atoms with Crippen LogP contribution in [0.2, 0.25) is 0 Å². The van der Waals surface area contributed by atoms with E-state index >= 15 is 0 Å². The van der Waals surface area contributed by atoms with E-state index in [1.54, 1.807) is 0 Å². The van der Waals surface area contributed by atoms with Crippen LogP contribution in [-0.2, 0) is 9.59 Å². The number of nitrogens with one attached hydrogen (secondary N) is 2. The zero-order valence-corrected chi connectivity index (χ0v) is 19.1. The molecule has 0 spiro atoms. The number of aliphatic hydroxyl groups excluding tert-OH is 3. The highest BCUT2D eigenvalue weighted by atomic mass is 16.4. The Bertz CT molecular complexity index is 390. The number of carbonyl (C=O) groups excluding carboxylic acids is 1. The van der Waals surface area contributed by atoms with Crippen LogP contribution >= 0.6 is 0 Å². The largest absolute Gasteiger partial charge is 0.481 e. The second-order valence-electron chi connectivity index (χ2n) is 7.96. The molecule has 0 saturated heterocycles. The molecule has 0 aromatic carbocycles. The van der Waals surface area contributed by atoms with Crippen LogP contribution in [0.1, 0.15) is 78.1 Å². The van der Waals surface area contributed by atoms with Gasteiger partial charge < -0.3 is 31.1 Å². The quantitative estimate of drug-likeness (QED) is 0.171. The Morgan fingerprint density at radius 1 is 0.733 bits per heavy atom. The van der Waals surface area contributed by atoms with Crippen LogP contribution in [0.3, 0.4) is 0 Å². The number of carbonyl (C=O) groups is 2. The fourth-order valence-electron chi connectivity index (χ4n) is 2.91. The third-order valence-corrected chi connectivity index (χ3v) is 4.63. The van der Waals surface area contributed by atoms with Gasteiger partial charge in [0.05, 0.1) is 25.7 Å². The van der Waals surface area contributed by atoms with Crippen molar-refractivity contribution in [2.45, 2.75) is 78.1 Å². The molecule has 0 saturated carbocycles. The highest BCUT2D eigenvalue weighted by Crippen LogP contribution is 2.17. The first-order chi connectivity index (χ1) is 14.4. The van der Waals surface area contributed by atoms with Crippen molar-refractivity contribution in [1.29, 1.82) is 0 Å². The van der Waals surface area contributed by atoms with Crippen molar-refractivity contribution in [3.8, 4) is 0 Å². The number of hydrogen-bond donors (Lipinski definition) is 6. The molecule has 0 aliphatic carbocycles. The molecule has 6 N–H and O–H groups in total. The second kappa shape index (κ2) is 24.1. The number of hydrogen-bond acceptors (Lipinski definition) is 6. The van der Waals surface area contributed by atoms with Gasteiger partial charge in [-0.3, -0.25) is 9.59 Å². The van der Waals surface area contributed by atoms with E-state index in [0.717, 1.165) is 25.2 Å². The van der Waals surface area contributed by atoms with E-state index in [1.807, 2.05) is 0 Å². The zero-order chi connectivity index (χ0) is 23.0. The molecule has 0 aromatic heterocycles. The van der Waals surface area contributed by atoms with Crippen molar-refractivity contribution in [1.82, 2.24) is 10.6 Å². The maximum absolute atomic E-state index is 11.5. The molecular formula is C22H46N2O6. The molecule has 0 bridgehead atoms. The van der Waals surface area contributed by atoms with Gasteiger partial charge in [0.2, 0.25) is 5.91 Å². The van der Waals surface area contributed by atoms with Gasteiger partial charge in [-0.1, -0.05) is 65.2 Å². The van der Waals surface area contributed by atoms with Crippen molar-refractivity contribution in [2.24, 2.45) is 11.8 Å². The van der Waals surface area contributed by atoms with E-state index in [4.69, 9.17) is 20.4 Å². The molecule has 8 nitrogen and oxygen atoms in total. The molecule has 0 radical (unpaired) electrons. The Balaban J connectivity index is 0. The minimum Gasteiger partial charge on any atom is -0.481 e. The Morgan fingerprint density at radius 2 is 1.20 bits per heavy atom. The van der Waals surface area contributed by atoms with Crippen LogP contribution in [0.5, 0.6) is 0 Å². The summed E-state index contributed by atoms with van der Waals surface area (Å²) in [6, 6.07) is 0. The highest BCUT2D eigenvalue weighted by molar-refractivity contribution is 5.82. The summed E-state index contributed by atoms with van der Waals surface area (Å²) in [6.07, 6.45) is 9.97. The number of carboxylic acid groups (broad SMARTS) is 1. The van der Waals surface area contributed by atoms with E-state index in [2.05, 4.69) is 24.5 Å². The van der Waals surface area contributed by atoms with E-state index in [-0.39, 0.29) is 38.7 Å². The third kappa shape index (κ3) is 24.8. The second-order valence-corrected chi connectivity index (χ2v) is 7.96. The summed E-state index contributed by atoms with van der Waals surface area (Å²) in [6.45, 7) is 5.98. The molecule has 8 heteroatoms. The summed E-state index contributed by atoms with van der Waals surface area (Å²) in [5.41, 5.74) is 0. The lowest BCUT2D eigenvalue weighted by atomic mass is 9.96. The van der Waals surface area contributed by atoms with Crippen LogP contribution in [0, 0.1) is 11.8 Å². The molecule has 1 unspecified atom stereocenters. The summed E-state index contributed by atoms with van der Waals surface area (Å²) in [5, 5.41) is 39.4. The lowest BCUT2D eigenvalue weighted by Crippen LogP contribution is -2.30. The molecule has 0 aliphatic heterocycles. The number of amides is 1. The van der Waals surface area contributed by atoms with Crippen LogP contribution in [0.15, 0.2) is 0 Å². The summed E-state index contributed by atoms with van der Waals surface area (Å²) in [7, 11) is 0. The summed E-state index contributed by atoms with van der Waals surface area (Å²) in [5.74, 6) is -1.02. The number of unbranched alkanes of at least 4 members (excludes halogenated alkanes) is 6. The molecular weight excluding hydrogens is 388 g/mol. The van der Waals surface area contributed by atoms with Crippen molar-refractivity contribution < 1.29 is 30.0 Å². The minimum absolute atomic E-state index is 0.00450. The maximum Gasteiger partial charge on any atom is 0.307 e. The number of aliphatic hydroxyl groups is 3. The van der Waals surface area contributed by atoms with E-state index in [9.17, 15) is 9.59 Å².